The van der Waals surface area contributed by atoms with Crippen LogP contribution in [0.1, 0.15) is 24.4 Å². The van der Waals surface area contributed by atoms with Crippen LogP contribution in [0.2, 0.25) is 0 Å². The molecular weight excluding hydrogens is 186 g/mol. The van der Waals surface area contributed by atoms with Crippen molar-refractivity contribution in [3.05, 3.63) is 35.9 Å². The zero-order valence-corrected chi connectivity index (χ0v) is 8.91. The van der Waals surface area contributed by atoms with Crippen molar-refractivity contribution in [2.24, 2.45) is 5.41 Å². The summed E-state index contributed by atoms with van der Waals surface area (Å²) in [6.45, 7) is 3.03. The second-order valence-corrected chi connectivity index (χ2v) is 4.70. The molecule has 2 saturated heterocycles. The van der Waals surface area contributed by atoms with Gasteiger partial charge in [0.05, 0.1) is 0 Å². The van der Waals surface area contributed by atoms with E-state index < -0.39 is 0 Å². The van der Waals surface area contributed by atoms with Gasteiger partial charge < -0.3 is 10.1 Å². The summed E-state index contributed by atoms with van der Waals surface area (Å²) in [4.78, 5) is 0. The first-order chi connectivity index (χ1) is 7.41. The predicted molar refractivity (Wildman–Crippen MR) is 59.7 cm³/mol. The first kappa shape index (κ1) is 9.37. The average Bonchev–Trinajstić information content (AvgIpc) is 2.30. The highest BCUT2D eigenvalue weighted by atomic mass is 16.5. The Morgan fingerprint density at radius 2 is 1.87 bits per heavy atom. The summed E-state index contributed by atoms with van der Waals surface area (Å²) >= 11 is 0. The van der Waals surface area contributed by atoms with Gasteiger partial charge in [-0.2, -0.15) is 0 Å². The molecule has 2 heterocycles. The summed E-state index contributed by atoms with van der Waals surface area (Å²) in [7, 11) is 0. The molecule has 0 amide bonds. The Bertz CT molecular complexity index is 330. The Morgan fingerprint density at radius 1 is 1.13 bits per heavy atom. The van der Waals surface area contributed by atoms with Crippen molar-refractivity contribution in [1.82, 2.24) is 5.32 Å². The van der Waals surface area contributed by atoms with Crippen LogP contribution < -0.4 is 5.32 Å². The molecule has 1 aromatic carbocycles. The van der Waals surface area contributed by atoms with Crippen molar-refractivity contribution in [2.45, 2.75) is 18.9 Å². The van der Waals surface area contributed by atoms with Crippen LogP contribution in [0.3, 0.4) is 0 Å². The Kier molecular flexibility index (Phi) is 2.26. The molecule has 3 rings (SSSR count). The zero-order valence-electron chi connectivity index (χ0n) is 8.91. The van der Waals surface area contributed by atoms with Crippen LogP contribution in [-0.2, 0) is 4.74 Å². The largest absolute Gasteiger partial charge is 0.381 e. The van der Waals surface area contributed by atoms with E-state index in [0.29, 0.717) is 11.5 Å². The van der Waals surface area contributed by atoms with E-state index in [1.54, 1.807) is 0 Å². The molecule has 0 aromatic heterocycles. The fraction of sp³-hybridized carbons (Fsp3) is 0.538. The van der Waals surface area contributed by atoms with E-state index in [9.17, 15) is 0 Å². The zero-order chi connectivity index (χ0) is 10.1. The third-order valence-corrected chi connectivity index (χ3v) is 3.89. The lowest BCUT2D eigenvalue weighted by atomic mass is 9.66. The summed E-state index contributed by atoms with van der Waals surface area (Å²) < 4.78 is 5.46. The van der Waals surface area contributed by atoms with Gasteiger partial charge in [-0.1, -0.05) is 30.3 Å². The van der Waals surface area contributed by atoms with Gasteiger partial charge >= 0.3 is 0 Å². The molecular formula is C13H17NO. The smallest absolute Gasteiger partial charge is 0.0472 e. The Hall–Kier alpha value is -0.860. The summed E-state index contributed by atoms with van der Waals surface area (Å²) in [5.41, 5.74) is 1.92. The lowest BCUT2D eigenvalue weighted by Crippen LogP contribution is -2.58. The molecule has 0 bridgehead atoms. The van der Waals surface area contributed by atoms with Crippen LogP contribution in [0.5, 0.6) is 0 Å². The van der Waals surface area contributed by atoms with Gasteiger partial charge in [-0.05, 0) is 18.4 Å². The van der Waals surface area contributed by atoms with Crippen molar-refractivity contribution in [3.63, 3.8) is 0 Å². The minimum absolute atomic E-state index is 0.486. The Morgan fingerprint density at radius 3 is 2.47 bits per heavy atom. The highest BCUT2D eigenvalue weighted by molar-refractivity contribution is 5.25. The van der Waals surface area contributed by atoms with E-state index in [2.05, 4.69) is 35.6 Å². The van der Waals surface area contributed by atoms with Crippen molar-refractivity contribution >= 4 is 0 Å². The molecule has 2 aliphatic heterocycles. The van der Waals surface area contributed by atoms with Gasteiger partial charge in [0.15, 0.2) is 0 Å². The molecule has 2 nitrogen and oxygen atoms in total. The van der Waals surface area contributed by atoms with Crippen LogP contribution in [-0.4, -0.2) is 19.8 Å². The number of hydrogen-bond donors (Lipinski definition) is 1. The van der Waals surface area contributed by atoms with Gasteiger partial charge in [0, 0.05) is 31.2 Å². The SMILES string of the molecule is c1ccc(C2NCC23CCOCC3)cc1. The van der Waals surface area contributed by atoms with E-state index in [-0.39, 0.29) is 0 Å². The Labute approximate surface area is 90.6 Å². The maximum Gasteiger partial charge on any atom is 0.0472 e. The third kappa shape index (κ3) is 1.48. The molecule has 2 fully saturated rings. The fourth-order valence-corrected chi connectivity index (χ4v) is 2.85. The Balaban J connectivity index is 1.83. The maximum atomic E-state index is 5.46. The summed E-state index contributed by atoms with van der Waals surface area (Å²) in [6.07, 6.45) is 2.42. The monoisotopic (exact) mass is 203 g/mol. The van der Waals surface area contributed by atoms with Gasteiger partial charge in [0.1, 0.15) is 0 Å². The van der Waals surface area contributed by atoms with Crippen LogP contribution in [0.4, 0.5) is 0 Å². The lowest BCUT2D eigenvalue weighted by Gasteiger charge is -2.53. The van der Waals surface area contributed by atoms with Crippen LogP contribution >= 0.6 is 0 Å². The molecule has 1 aromatic rings. The number of nitrogens with one attached hydrogen (secondary N) is 1. The quantitative estimate of drug-likeness (QED) is 0.755. The van der Waals surface area contributed by atoms with E-state index in [1.807, 2.05) is 0 Å². The van der Waals surface area contributed by atoms with Gasteiger partial charge in [-0.3, -0.25) is 0 Å². The topological polar surface area (TPSA) is 21.3 Å². The normalized spacial score (nSPS) is 28.7. The summed E-state index contributed by atoms with van der Waals surface area (Å²) in [5, 5.41) is 3.57. The van der Waals surface area contributed by atoms with Crippen LogP contribution in [0.15, 0.2) is 30.3 Å². The first-order valence-corrected chi connectivity index (χ1v) is 5.77. The molecule has 1 unspecified atom stereocenters. The van der Waals surface area contributed by atoms with Crippen molar-refractivity contribution in [1.29, 1.82) is 0 Å². The molecule has 2 heteroatoms. The van der Waals surface area contributed by atoms with Crippen molar-refractivity contribution in [2.75, 3.05) is 19.8 Å². The molecule has 0 saturated carbocycles. The van der Waals surface area contributed by atoms with Gasteiger partial charge in [-0.15, -0.1) is 0 Å². The van der Waals surface area contributed by atoms with Crippen molar-refractivity contribution in [3.8, 4) is 0 Å². The van der Waals surface area contributed by atoms with Gasteiger partial charge in [-0.25, -0.2) is 0 Å². The molecule has 2 aliphatic rings. The predicted octanol–water partition coefficient (Wildman–Crippen LogP) is 2.13. The molecule has 0 aliphatic carbocycles. The molecule has 1 N–H and O–H groups in total. The van der Waals surface area contributed by atoms with Gasteiger partial charge in [0.2, 0.25) is 0 Å². The van der Waals surface area contributed by atoms with Crippen LogP contribution in [0, 0.1) is 5.41 Å². The van der Waals surface area contributed by atoms with E-state index in [1.165, 1.54) is 18.4 Å². The molecule has 80 valence electrons. The average molecular weight is 203 g/mol. The summed E-state index contributed by atoms with van der Waals surface area (Å²) in [5.74, 6) is 0. The molecule has 1 spiro atoms. The second-order valence-electron chi connectivity index (χ2n) is 4.70. The molecule has 1 atom stereocenters. The minimum Gasteiger partial charge on any atom is -0.381 e. The number of hydrogen-bond acceptors (Lipinski definition) is 2. The summed E-state index contributed by atoms with van der Waals surface area (Å²) in [6, 6.07) is 11.4. The fourth-order valence-electron chi connectivity index (χ4n) is 2.85. The third-order valence-electron chi connectivity index (χ3n) is 3.89. The number of benzene rings is 1. The molecule has 0 radical (unpaired) electrons. The number of ether oxygens (including phenoxy) is 1. The first-order valence-electron chi connectivity index (χ1n) is 5.77. The van der Waals surface area contributed by atoms with Crippen molar-refractivity contribution < 1.29 is 4.74 Å². The second kappa shape index (κ2) is 3.62. The number of rotatable bonds is 1. The van der Waals surface area contributed by atoms with Gasteiger partial charge in [0.25, 0.3) is 0 Å². The highest BCUT2D eigenvalue weighted by Crippen LogP contribution is 2.48. The highest BCUT2D eigenvalue weighted by Gasteiger charge is 2.47. The lowest BCUT2D eigenvalue weighted by molar-refractivity contribution is -0.0479. The maximum absolute atomic E-state index is 5.46. The molecule has 15 heavy (non-hydrogen) atoms. The standard InChI is InChI=1S/C13H17NO/c1-2-4-11(5-3-1)12-13(10-14-12)6-8-15-9-7-13/h1-5,12,14H,6-10H2. The van der Waals surface area contributed by atoms with Crippen LogP contribution in [0.25, 0.3) is 0 Å². The van der Waals surface area contributed by atoms with E-state index in [4.69, 9.17) is 4.74 Å². The minimum atomic E-state index is 0.486. The van der Waals surface area contributed by atoms with E-state index in [0.717, 1.165) is 19.8 Å². The van der Waals surface area contributed by atoms with E-state index >= 15 is 0 Å².